The van der Waals surface area contributed by atoms with Gasteiger partial charge in [-0.3, -0.25) is 10.1 Å². The first kappa shape index (κ1) is 12.4. The molecule has 1 rings (SSSR count). The summed E-state index contributed by atoms with van der Waals surface area (Å²) in [5.74, 6) is 0.344. The molecule has 0 aliphatic heterocycles. The topological polar surface area (TPSA) is 89.4 Å². The van der Waals surface area contributed by atoms with E-state index >= 15 is 0 Å². The van der Waals surface area contributed by atoms with Crippen molar-refractivity contribution in [1.29, 1.82) is 0 Å². The van der Waals surface area contributed by atoms with E-state index in [2.05, 4.69) is 0 Å². The number of phenolic OH excluding ortho intramolecular Hbond substituents is 1. The van der Waals surface area contributed by atoms with Gasteiger partial charge in [-0.2, -0.15) is 0 Å². The molecule has 0 unspecified atom stereocenters. The summed E-state index contributed by atoms with van der Waals surface area (Å²) in [6, 6.07) is 3.52. The van der Waals surface area contributed by atoms with Crippen molar-refractivity contribution in [1.82, 2.24) is 0 Å². The summed E-state index contributed by atoms with van der Waals surface area (Å²) in [5.41, 5.74) is 6.24. The zero-order chi connectivity index (χ0) is 12.3. The SMILES string of the molecule is CC(C)C[C@H](N)c1cc(O)ccc1[N+](=O)[O-]. The number of aromatic hydroxyl groups is 1. The van der Waals surface area contributed by atoms with Crippen LogP contribution in [0.25, 0.3) is 0 Å². The van der Waals surface area contributed by atoms with E-state index in [1.807, 2.05) is 13.8 Å². The quantitative estimate of drug-likeness (QED) is 0.606. The molecule has 3 N–H and O–H groups in total. The number of hydrogen-bond acceptors (Lipinski definition) is 4. The zero-order valence-electron chi connectivity index (χ0n) is 9.38. The van der Waals surface area contributed by atoms with Crippen molar-refractivity contribution in [3.63, 3.8) is 0 Å². The molecule has 0 saturated carbocycles. The smallest absolute Gasteiger partial charge is 0.274 e. The zero-order valence-corrected chi connectivity index (χ0v) is 9.38. The first-order chi connectivity index (χ1) is 7.41. The van der Waals surface area contributed by atoms with Crippen molar-refractivity contribution >= 4 is 5.69 Å². The van der Waals surface area contributed by atoms with E-state index < -0.39 is 11.0 Å². The minimum absolute atomic E-state index is 0.000180. The standard InChI is InChI=1S/C11H16N2O3/c1-7(2)5-10(12)9-6-8(14)3-4-11(9)13(15)16/h3-4,6-7,10,14H,5,12H2,1-2H3/t10-/m0/s1. The number of rotatable bonds is 4. The molecule has 0 aromatic heterocycles. The Kier molecular flexibility index (Phi) is 3.84. The molecule has 88 valence electrons. The molecule has 0 amide bonds. The second-order valence-electron chi connectivity index (χ2n) is 4.24. The molecule has 0 aliphatic carbocycles. The van der Waals surface area contributed by atoms with E-state index in [1.165, 1.54) is 18.2 Å². The molecule has 0 radical (unpaired) electrons. The third-order valence-corrected chi connectivity index (χ3v) is 2.33. The highest BCUT2D eigenvalue weighted by Crippen LogP contribution is 2.30. The Morgan fingerprint density at radius 3 is 2.62 bits per heavy atom. The van der Waals surface area contributed by atoms with E-state index in [1.54, 1.807) is 0 Å². The van der Waals surface area contributed by atoms with Gasteiger partial charge in [-0.05, 0) is 24.5 Å². The number of nitro benzene ring substituents is 1. The molecule has 16 heavy (non-hydrogen) atoms. The second kappa shape index (κ2) is 4.94. The molecule has 0 spiro atoms. The largest absolute Gasteiger partial charge is 0.508 e. The summed E-state index contributed by atoms with van der Waals surface area (Å²) in [6.07, 6.45) is 0.643. The third kappa shape index (κ3) is 2.93. The Morgan fingerprint density at radius 2 is 2.12 bits per heavy atom. The lowest BCUT2D eigenvalue weighted by Gasteiger charge is -2.14. The van der Waals surface area contributed by atoms with E-state index in [9.17, 15) is 15.2 Å². The summed E-state index contributed by atoms with van der Waals surface area (Å²) in [7, 11) is 0. The maximum absolute atomic E-state index is 10.8. The fourth-order valence-electron chi connectivity index (χ4n) is 1.64. The number of hydrogen-bond donors (Lipinski definition) is 2. The highest BCUT2D eigenvalue weighted by molar-refractivity contribution is 5.46. The molecule has 0 saturated heterocycles. The van der Waals surface area contributed by atoms with Gasteiger partial charge in [-0.15, -0.1) is 0 Å². The van der Waals surface area contributed by atoms with Gasteiger partial charge in [-0.25, -0.2) is 0 Å². The summed E-state index contributed by atoms with van der Waals surface area (Å²) in [4.78, 5) is 10.3. The maximum atomic E-state index is 10.8. The minimum atomic E-state index is -0.477. The second-order valence-corrected chi connectivity index (χ2v) is 4.24. The monoisotopic (exact) mass is 224 g/mol. The number of nitrogens with two attached hydrogens (primary N) is 1. The molecule has 1 aromatic rings. The van der Waals surface area contributed by atoms with Crippen molar-refractivity contribution in [2.45, 2.75) is 26.3 Å². The van der Waals surface area contributed by atoms with Crippen LogP contribution >= 0.6 is 0 Å². The average molecular weight is 224 g/mol. The van der Waals surface area contributed by atoms with Gasteiger partial charge < -0.3 is 10.8 Å². The normalized spacial score (nSPS) is 12.8. The maximum Gasteiger partial charge on any atom is 0.274 e. The van der Waals surface area contributed by atoms with Crippen LogP contribution in [0.4, 0.5) is 5.69 Å². The van der Waals surface area contributed by atoms with Gasteiger partial charge in [0.1, 0.15) is 5.75 Å². The Labute approximate surface area is 94.0 Å². The van der Waals surface area contributed by atoms with Gasteiger partial charge in [0.2, 0.25) is 0 Å². The Hall–Kier alpha value is -1.62. The molecule has 0 fully saturated rings. The fourth-order valence-corrected chi connectivity index (χ4v) is 1.64. The van der Waals surface area contributed by atoms with Gasteiger partial charge in [-0.1, -0.05) is 13.8 Å². The number of nitro groups is 1. The van der Waals surface area contributed by atoms with E-state index in [-0.39, 0.29) is 11.4 Å². The first-order valence-electron chi connectivity index (χ1n) is 5.14. The van der Waals surface area contributed by atoms with Crippen LogP contribution in [0, 0.1) is 16.0 Å². The van der Waals surface area contributed by atoms with Gasteiger partial charge in [0.25, 0.3) is 5.69 Å². The lowest BCUT2D eigenvalue weighted by Crippen LogP contribution is -2.14. The van der Waals surface area contributed by atoms with E-state index in [0.717, 1.165) is 0 Å². The van der Waals surface area contributed by atoms with Crippen LogP contribution in [0.15, 0.2) is 18.2 Å². The minimum Gasteiger partial charge on any atom is -0.508 e. The third-order valence-electron chi connectivity index (χ3n) is 2.33. The molecule has 5 nitrogen and oxygen atoms in total. The summed E-state index contributed by atoms with van der Waals surface area (Å²) in [5, 5.41) is 20.1. The number of benzene rings is 1. The fraction of sp³-hybridized carbons (Fsp3) is 0.455. The molecule has 1 aromatic carbocycles. The van der Waals surface area contributed by atoms with Crippen LogP contribution in [-0.2, 0) is 0 Å². The predicted molar refractivity (Wildman–Crippen MR) is 61.1 cm³/mol. The molecule has 1 atom stereocenters. The molecule has 0 aliphatic rings. The Balaban J connectivity index is 3.09. The van der Waals surface area contributed by atoms with Crippen LogP contribution in [0.3, 0.4) is 0 Å². The number of nitrogens with zero attached hydrogens (tertiary/aromatic N) is 1. The highest BCUT2D eigenvalue weighted by Gasteiger charge is 2.20. The first-order valence-corrected chi connectivity index (χ1v) is 5.14. The van der Waals surface area contributed by atoms with Crippen LogP contribution in [0.5, 0.6) is 5.75 Å². The average Bonchev–Trinajstić information content (AvgIpc) is 2.15. The lowest BCUT2D eigenvalue weighted by molar-refractivity contribution is -0.385. The van der Waals surface area contributed by atoms with Crippen molar-refractivity contribution in [2.75, 3.05) is 0 Å². The van der Waals surface area contributed by atoms with Gasteiger partial charge in [0, 0.05) is 12.1 Å². The van der Waals surface area contributed by atoms with Gasteiger partial charge >= 0.3 is 0 Å². The molecule has 5 heteroatoms. The van der Waals surface area contributed by atoms with Crippen LogP contribution in [0.1, 0.15) is 31.9 Å². The van der Waals surface area contributed by atoms with Crippen molar-refractivity contribution < 1.29 is 10.0 Å². The predicted octanol–water partition coefficient (Wildman–Crippen LogP) is 2.35. The lowest BCUT2D eigenvalue weighted by atomic mass is 9.96. The summed E-state index contributed by atoms with van der Waals surface area (Å²) >= 11 is 0. The number of phenols is 1. The molecule has 0 heterocycles. The van der Waals surface area contributed by atoms with Gasteiger partial charge in [0.05, 0.1) is 10.5 Å². The molecular weight excluding hydrogens is 208 g/mol. The highest BCUT2D eigenvalue weighted by atomic mass is 16.6. The van der Waals surface area contributed by atoms with Gasteiger partial charge in [0.15, 0.2) is 0 Å². The van der Waals surface area contributed by atoms with Crippen LogP contribution in [-0.4, -0.2) is 10.0 Å². The Morgan fingerprint density at radius 1 is 1.50 bits per heavy atom. The Bertz CT molecular complexity index is 391. The van der Waals surface area contributed by atoms with E-state index in [4.69, 9.17) is 5.73 Å². The summed E-state index contributed by atoms with van der Waals surface area (Å²) in [6.45, 7) is 3.99. The van der Waals surface area contributed by atoms with Crippen LogP contribution in [0.2, 0.25) is 0 Å². The van der Waals surface area contributed by atoms with E-state index in [0.29, 0.717) is 17.9 Å². The van der Waals surface area contributed by atoms with Crippen molar-refractivity contribution in [3.8, 4) is 5.75 Å². The van der Waals surface area contributed by atoms with Crippen molar-refractivity contribution in [3.05, 3.63) is 33.9 Å². The molecule has 0 bridgehead atoms. The van der Waals surface area contributed by atoms with Crippen LogP contribution < -0.4 is 5.73 Å². The van der Waals surface area contributed by atoms with Crippen molar-refractivity contribution in [2.24, 2.45) is 11.7 Å². The summed E-state index contributed by atoms with van der Waals surface area (Å²) < 4.78 is 0. The molecular formula is C11H16N2O3.